The highest BCUT2D eigenvalue weighted by atomic mass is 79.9. The van der Waals surface area contributed by atoms with Gasteiger partial charge in [-0.15, -0.1) is 0 Å². The molecular formula is C11H13BrN4O4. The molecule has 1 aromatic rings. The highest BCUT2D eigenvalue weighted by Gasteiger charge is 2.12. The maximum Gasteiger partial charge on any atom is 0.337 e. The first kappa shape index (κ1) is 15.8. The van der Waals surface area contributed by atoms with Gasteiger partial charge in [-0.2, -0.15) is 0 Å². The number of carboxylic acid groups (broad SMARTS) is 1. The molecule has 4 amide bonds. The van der Waals surface area contributed by atoms with Crippen molar-refractivity contribution in [3.63, 3.8) is 0 Å². The number of aromatic carboxylic acids is 1. The second-order valence-electron chi connectivity index (χ2n) is 3.67. The Morgan fingerprint density at radius 3 is 2.45 bits per heavy atom. The number of anilines is 1. The van der Waals surface area contributed by atoms with Gasteiger partial charge in [0, 0.05) is 17.6 Å². The number of rotatable bonds is 5. The van der Waals surface area contributed by atoms with Crippen LogP contribution in [0.25, 0.3) is 0 Å². The van der Waals surface area contributed by atoms with Crippen molar-refractivity contribution in [2.24, 2.45) is 5.73 Å². The van der Waals surface area contributed by atoms with Crippen LogP contribution in [0.2, 0.25) is 0 Å². The van der Waals surface area contributed by atoms with Crippen molar-refractivity contribution >= 4 is 39.6 Å². The number of benzene rings is 1. The molecule has 0 atom stereocenters. The van der Waals surface area contributed by atoms with Gasteiger partial charge in [-0.25, -0.2) is 14.4 Å². The zero-order valence-electron chi connectivity index (χ0n) is 10.3. The number of amides is 4. The number of carbonyl (C=O) groups is 3. The topological polar surface area (TPSA) is 134 Å². The summed E-state index contributed by atoms with van der Waals surface area (Å²) in [4.78, 5) is 33.0. The molecule has 0 fully saturated rings. The van der Waals surface area contributed by atoms with Crippen molar-refractivity contribution in [2.45, 2.75) is 0 Å². The Balaban J connectivity index is 2.57. The molecule has 9 heteroatoms. The lowest BCUT2D eigenvalue weighted by atomic mass is 10.2. The fraction of sp³-hybridized carbons (Fsp3) is 0.182. The normalized spacial score (nSPS) is 9.65. The molecule has 0 spiro atoms. The van der Waals surface area contributed by atoms with Crippen molar-refractivity contribution < 1.29 is 19.5 Å². The van der Waals surface area contributed by atoms with E-state index in [0.717, 1.165) is 0 Å². The van der Waals surface area contributed by atoms with Crippen LogP contribution in [0.3, 0.4) is 0 Å². The fourth-order valence-electron chi connectivity index (χ4n) is 1.33. The number of carbonyl (C=O) groups excluding carboxylic acids is 2. The third-order valence-electron chi connectivity index (χ3n) is 2.17. The van der Waals surface area contributed by atoms with Crippen LogP contribution in [-0.4, -0.2) is 36.2 Å². The SMILES string of the molecule is NC(=O)NCCNC(=O)Nc1ccc(Br)cc1C(=O)O. The van der Waals surface area contributed by atoms with Gasteiger partial charge < -0.3 is 26.8 Å². The van der Waals surface area contributed by atoms with Gasteiger partial charge in [0.05, 0.1) is 11.3 Å². The molecule has 0 bridgehead atoms. The van der Waals surface area contributed by atoms with Crippen LogP contribution in [0, 0.1) is 0 Å². The quantitative estimate of drug-likeness (QED) is 0.508. The average molecular weight is 345 g/mol. The molecule has 0 heterocycles. The highest BCUT2D eigenvalue weighted by molar-refractivity contribution is 9.10. The second-order valence-corrected chi connectivity index (χ2v) is 4.58. The Kier molecular flexibility index (Phi) is 5.78. The first-order chi connectivity index (χ1) is 9.40. The summed E-state index contributed by atoms with van der Waals surface area (Å²) in [5.41, 5.74) is 4.98. The molecule has 1 rings (SSSR count). The summed E-state index contributed by atoms with van der Waals surface area (Å²) in [6, 6.07) is 3.19. The Morgan fingerprint density at radius 1 is 1.20 bits per heavy atom. The number of primary amides is 1. The molecule has 0 unspecified atom stereocenters. The standard InChI is InChI=1S/C11H13BrN4O4/c12-6-1-2-8(7(5-6)9(17)18)16-11(20)15-4-3-14-10(13)19/h1-2,5H,3-4H2,(H,17,18)(H3,13,14,19)(H2,15,16,20). The van der Waals surface area contributed by atoms with E-state index in [1.807, 2.05) is 0 Å². The summed E-state index contributed by atoms with van der Waals surface area (Å²) < 4.78 is 0.589. The van der Waals surface area contributed by atoms with Crippen LogP contribution in [0.1, 0.15) is 10.4 Å². The summed E-state index contributed by atoms with van der Waals surface area (Å²) >= 11 is 3.15. The maximum absolute atomic E-state index is 11.5. The molecule has 0 aliphatic heterocycles. The third kappa shape index (κ3) is 5.14. The van der Waals surface area contributed by atoms with E-state index < -0.39 is 18.0 Å². The summed E-state index contributed by atoms with van der Waals surface area (Å²) in [6.45, 7) is 0.336. The monoisotopic (exact) mass is 344 g/mol. The molecule has 0 radical (unpaired) electrons. The Morgan fingerprint density at radius 2 is 1.85 bits per heavy atom. The number of nitrogens with two attached hydrogens (primary N) is 1. The van der Waals surface area contributed by atoms with Gasteiger partial charge in [-0.05, 0) is 18.2 Å². The van der Waals surface area contributed by atoms with Crippen LogP contribution in [0.4, 0.5) is 15.3 Å². The van der Waals surface area contributed by atoms with Crippen molar-refractivity contribution in [2.75, 3.05) is 18.4 Å². The van der Waals surface area contributed by atoms with E-state index in [-0.39, 0.29) is 24.3 Å². The number of hydrogen-bond donors (Lipinski definition) is 5. The molecule has 20 heavy (non-hydrogen) atoms. The van der Waals surface area contributed by atoms with Gasteiger partial charge in [0.15, 0.2) is 0 Å². The number of hydrogen-bond acceptors (Lipinski definition) is 3. The van der Waals surface area contributed by atoms with Crippen LogP contribution in [0.15, 0.2) is 22.7 Å². The molecule has 0 aliphatic rings. The molecule has 108 valence electrons. The molecule has 8 nitrogen and oxygen atoms in total. The lowest BCUT2D eigenvalue weighted by Crippen LogP contribution is -2.38. The molecule has 0 aliphatic carbocycles. The van der Waals surface area contributed by atoms with Gasteiger partial charge in [-0.1, -0.05) is 15.9 Å². The predicted molar refractivity (Wildman–Crippen MR) is 75.7 cm³/mol. The fourth-order valence-corrected chi connectivity index (χ4v) is 1.69. The smallest absolute Gasteiger partial charge is 0.337 e. The minimum Gasteiger partial charge on any atom is -0.478 e. The predicted octanol–water partition coefficient (Wildman–Crippen LogP) is 0.937. The lowest BCUT2D eigenvalue weighted by molar-refractivity contribution is 0.0698. The van der Waals surface area contributed by atoms with Crippen LogP contribution >= 0.6 is 15.9 Å². The maximum atomic E-state index is 11.5. The highest BCUT2D eigenvalue weighted by Crippen LogP contribution is 2.20. The van der Waals surface area contributed by atoms with Crippen LogP contribution in [-0.2, 0) is 0 Å². The van der Waals surface area contributed by atoms with Crippen molar-refractivity contribution in [3.8, 4) is 0 Å². The van der Waals surface area contributed by atoms with Crippen molar-refractivity contribution in [1.82, 2.24) is 10.6 Å². The molecule has 1 aromatic carbocycles. The van der Waals surface area contributed by atoms with Gasteiger partial charge in [-0.3, -0.25) is 0 Å². The van der Waals surface area contributed by atoms with Gasteiger partial charge in [0.2, 0.25) is 0 Å². The summed E-state index contributed by atoms with van der Waals surface area (Å²) in [6.07, 6.45) is 0. The zero-order chi connectivity index (χ0) is 15.1. The summed E-state index contributed by atoms with van der Waals surface area (Å²) in [5, 5.41) is 16.2. The average Bonchev–Trinajstić information content (AvgIpc) is 2.36. The number of urea groups is 2. The summed E-state index contributed by atoms with van der Waals surface area (Å²) in [5.74, 6) is -1.16. The van der Waals surface area contributed by atoms with Gasteiger partial charge >= 0.3 is 18.0 Å². The molecular weight excluding hydrogens is 332 g/mol. The number of nitrogens with one attached hydrogen (secondary N) is 3. The van der Waals surface area contributed by atoms with E-state index in [0.29, 0.717) is 4.47 Å². The summed E-state index contributed by atoms with van der Waals surface area (Å²) in [7, 11) is 0. The Hall–Kier alpha value is -2.29. The van der Waals surface area contributed by atoms with Gasteiger partial charge in [0.1, 0.15) is 0 Å². The first-order valence-electron chi connectivity index (χ1n) is 5.51. The van der Waals surface area contributed by atoms with E-state index in [1.54, 1.807) is 6.07 Å². The van der Waals surface area contributed by atoms with E-state index in [9.17, 15) is 14.4 Å². The molecule has 0 saturated heterocycles. The van der Waals surface area contributed by atoms with Crippen molar-refractivity contribution in [3.05, 3.63) is 28.2 Å². The Bertz CT molecular complexity index is 535. The van der Waals surface area contributed by atoms with E-state index in [1.165, 1.54) is 12.1 Å². The molecule has 6 N–H and O–H groups in total. The second kappa shape index (κ2) is 7.34. The van der Waals surface area contributed by atoms with Crippen molar-refractivity contribution in [1.29, 1.82) is 0 Å². The van der Waals surface area contributed by atoms with Crippen LogP contribution in [0.5, 0.6) is 0 Å². The Labute approximate surface area is 122 Å². The van der Waals surface area contributed by atoms with E-state index >= 15 is 0 Å². The minimum atomic E-state index is -1.16. The first-order valence-corrected chi connectivity index (χ1v) is 6.30. The molecule has 0 aromatic heterocycles. The van der Waals surface area contributed by atoms with Gasteiger partial charge in [0.25, 0.3) is 0 Å². The van der Waals surface area contributed by atoms with E-state index in [4.69, 9.17) is 10.8 Å². The third-order valence-corrected chi connectivity index (χ3v) is 2.66. The zero-order valence-corrected chi connectivity index (χ0v) is 11.9. The largest absolute Gasteiger partial charge is 0.478 e. The van der Waals surface area contributed by atoms with Crippen LogP contribution < -0.4 is 21.7 Å². The molecule has 0 saturated carbocycles. The minimum absolute atomic E-state index is 0.0372. The van der Waals surface area contributed by atoms with E-state index in [2.05, 4.69) is 31.9 Å². The lowest BCUT2D eigenvalue weighted by Gasteiger charge is -2.10. The number of carboxylic acids is 1. The number of halogens is 1.